The van der Waals surface area contributed by atoms with Crippen molar-refractivity contribution in [1.29, 1.82) is 0 Å². The molecule has 1 heterocycles. The molecule has 0 bridgehead atoms. The van der Waals surface area contributed by atoms with Crippen LogP contribution in [-0.2, 0) is 4.79 Å². The van der Waals surface area contributed by atoms with Crippen LogP contribution in [-0.4, -0.2) is 39.7 Å². The molecule has 1 aromatic heterocycles. The van der Waals surface area contributed by atoms with E-state index in [0.29, 0.717) is 17.5 Å². The average Bonchev–Trinajstić information content (AvgIpc) is 2.93. The number of nitrogen functional groups attached to an aromatic ring is 1. The molecule has 0 fully saturated rings. The van der Waals surface area contributed by atoms with Crippen molar-refractivity contribution >= 4 is 17.7 Å². The molecule has 0 aliphatic heterocycles. The first-order chi connectivity index (χ1) is 11.1. The van der Waals surface area contributed by atoms with E-state index < -0.39 is 0 Å². The SMILES string of the molecule is C=CCNC(=O)C(C)Sc1nnc(-c2ccc(OC)cc2)n1N. The van der Waals surface area contributed by atoms with Crippen LogP contribution in [0.2, 0.25) is 0 Å². The molecule has 23 heavy (non-hydrogen) atoms. The molecule has 0 saturated carbocycles. The molecule has 122 valence electrons. The Morgan fingerprint density at radius 2 is 2.17 bits per heavy atom. The first-order valence-corrected chi connectivity index (χ1v) is 7.85. The third-order valence-corrected chi connectivity index (χ3v) is 4.14. The fourth-order valence-electron chi connectivity index (χ4n) is 1.82. The third kappa shape index (κ3) is 4.04. The molecule has 1 amide bonds. The molecule has 8 heteroatoms. The first-order valence-electron chi connectivity index (χ1n) is 6.97. The second-order valence-corrected chi connectivity index (χ2v) is 6.01. The van der Waals surface area contributed by atoms with E-state index in [2.05, 4.69) is 22.1 Å². The lowest BCUT2D eigenvalue weighted by molar-refractivity contribution is -0.120. The molecule has 7 nitrogen and oxygen atoms in total. The number of carbonyl (C=O) groups is 1. The van der Waals surface area contributed by atoms with Gasteiger partial charge in [0.2, 0.25) is 11.1 Å². The summed E-state index contributed by atoms with van der Waals surface area (Å²) < 4.78 is 6.50. The topological polar surface area (TPSA) is 95.1 Å². The summed E-state index contributed by atoms with van der Waals surface area (Å²) in [5.41, 5.74) is 0.816. The number of nitrogens with zero attached hydrogens (tertiary/aromatic N) is 3. The van der Waals surface area contributed by atoms with E-state index >= 15 is 0 Å². The highest BCUT2D eigenvalue weighted by molar-refractivity contribution is 8.00. The minimum absolute atomic E-state index is 0.108. The van der Waals surface area contributed by atoms with Gasteiger partial charge in [0, 0.05) is 12.1 Å². The number of thioether (sulfide) groups is 1. The Kier molecular flexibility index (Phi) is 5.64. The summed E-state index contributed by atoms with van der Waals surface area (Å²) >= 11 is 1.25. The number of nitrogens with two attached hydrogens (primary N) is 1. The van der Waals surface area contributed by atoms with Crippen LogP contribution < -0.4 is 15.9 Å². The van der Waals surface area contributed by atoms with E-state index in [4.69, 9.17) is 10.6 Å². The second kappa shape index (κ2) is 7.68. The van der Waals surface area contributed by atoms with Crippen molar-refractivity contribution in [2.24, 2.45) is 0 Å². The Morgan fingerprint density at radius 3 is 2.78 bits per heavy atom. The van der Waals surface area contributed by atoms with Gasteiger partial charge in [0.1, 0.15) is 5.75 Å². The number of amides is 1. The number of hydrogen-bond donors (Lipinski definition) is 2. The third-order valence-electron chi connectivity index (χ3n) is 3.08. The summed E-state index contributed by atoms with van der Waals surface area (Å²) in [6.07, 6.45) is 1.63. The van der Waals surface area contributed by atoms with Gasteiger partial charge in [0.05, 0.1) is 12.4 Å². The average molecular weight is 333 g/mol. The van der Waals surface area contributed by atoms with Crippen LogP contribution in [0.4, 0.5) is 0 Å². The summed E-state index contributed by atoms with van der Waals surface area (Å²) in [6.45, 7) is 5.77. The predicted octanol–water partition coefficient (Wildman–Crippen LogP) is 1.45. The maximum atomic E-state index is 11.9. The van der Waals surface area contributed by atoms with E-state index in [9.17, 15) is 4.79 Å². The number of aromatic nitrogens is 3. The Labute approximate surface area is 138 Å². The molecular formula is C15H19N5O2S. The van der Waals surface area contributed by atoms with Crippen molar-refractivity contribution < 1.29 is 9.53 Å². The Hall–Kier alpha value is -2.48. The molecule has 1 aromatic carbocycles. The van der Waals surface area contributed by atoms with E-state index in [1.54, 1.807) is 20.1 Å². The minimum Gasteiger partial charge on any atom is -0.497 e. The van der Waals surface area contributed by atoms with Gasteiger partial charge in [-0.15, -0.1) is 16.8 Å². The van der Waals surface area contributed by atoms with Crippen molar-refractivity contribution in [3.63, 3.8) is 0 Å². The first kappa shape index (κ1) is 16.9. The highest BCUT2D eigenvalue weighted by atomic mass is 32.2. The largest absolute Gasteiger partial charge is 0.497 e. The fraction of sp³-hybridized carbons (Fsp3) is 0.267. The fourth-order valence-corrected chi connectivity index (χ4v) is 2.62. The van der Waals surface area contributed by atoms with Crippen molar-refractivity contribution in [3.8, 4) is 17.1 Å². The molecule has 1 unspecified atom stereocenters. The van der Waals surface area contributed by atoms with Crippen molar-refractivity contribution in [2.45, 2.75) is 17.3 Å². The van der Waals surface area contributed by atoms with Crippen LogP contribution in [0.25, 0.3) is 11.4 Å². The van der Waals surface area contributed by atoms with E-state index in [-0.39, 0.29) is 11.2 Å². The molecule has 1 atom stereocenters. The summed E-state index contributed by atoms with van der Waals surface area (Å²) in [7, 11) is 1.61. The molecule has 3 N–H and O–H groups in total. The number of carbonyl (C=O) groups excluding carboxylic acids is 1. The van der Waals surface area contributed by atoms with Crippen LogP contribution in [0.15, 0.2) is 42.1 Å². The maximum absolute atomic E-state index is 11.9. The molecular weight excluding hydrogens is 314 g/mol. The standard InChI is InChI=1S/C15H19N5O2S/c1-4-9-17-14(21)10(2)23-15-19-18-13(20(15)16)11-5-7-12(22-3)8-6-11/h4-8,10H,1,9,16H2,2-3H3,(H,17,21). The van der Waals surface area contributed by atoms with Gasteiger partial charge in [-0.1, -0.05) is 17.8 Å². The monoisotopic (exact) mass is 333 g/mol. The van der Waals surface area contributed by atoms with E-state index in [1.165, 1.54) is 16.4 Å². The number of methoxy groups -OCH3 is 1. The lowest BCUT2D eigenvalue weighted by Crippen LogP contribution is -2.31. The molecule has 0 aliphatic carbocycles. The zero-order valence-electron chi connectivity index (χ0n) is 13.0. The van der Waals surface area contributed by atoms with E-state index in [1.807, 2.05) is 24.3 Å². The van der Waals surface area contributed by atoms with Crippen LogP contribution in [0, 0.1) is 0 Å². The number of benzene rings is 1. The van der Waals surface area contributed by atoms with Crippen molar-refractivity contribution in [1.82, 2.24) is 20.2 Å². The molecule has 0 saturated heterocycles. The van der Waals surface area contributed by atoms with Crippen molar-refractivity contribution in [2.75, 3.05) is 19.5 Å². The molecule has 0 spiro atoms. The molecule has 2 aromatic rings. The number of rotatable bonds is 7. The predicted molar refractivity (Wildman–Crippen MR) is 90.7 cm³/mol. The maximum Gasteiger partial charge on any atom is 0.233 e. The molecule has 0 radical (unpaired) electrons. The Bertz CT molecular complexity index is 684. The normalized spacial score (nSPS) is 11.7. The van der Waals surface area contributed by atoms with Gasteiger partial charge in [0.15, 0.2) is 5.82 Å². The molecule has 0 aliphatic rings. The lowest BCUT2D eigenvalue weighted by atomic mass is 10.2. The Morgan fingerprint density at radius 1 is 1.48 bits per heavy atom. The highest BCUT2D eigenvalue weighted by Gasteiger charge is 2.19. The van der Waals surface area contributed by atoms with Crippen LogP contribution in [0.1, 0.15) is 6.92 Å². The summed E-state index contributed by atoms with van der Waals surface area (Å²) in [5.74, 6) is 7.21. The smallest absolute Gasteiger partial charge is 0.233 e. The Balaban J connectivity index is 2.12. The molecule has 2 rings (SSSR count). The minimum atomic E-state index is -0.342. The van der Waals surface area contributed by atoms with Gasteiger partial charge in [-0.05, 0) is 31.2 Å². The van der Waals surface area contributed by atoms with Gasteiger partial charge in [-0.3, -0.25) is 4.79 Å². The van der Waals surface area contributed by atoms with Crippen LogP contribution in [0.3, 0.4) is 0 Å². The summed E-state index contributed by atoms with van der Waals surface area (Å²) in [6, 6.07) is 7.34. The van der Waals surface area contributed by atoms with Gasteiger partial charge in [0.25, 0.3) is 0 Å². The number of hydrogen-bond acceptors (Lipinski definition) is 6. The van der Waals surface area contributed by atoms with Gasteiger partial charge in [-0.25, -0.2) is 4.68 Å². The summed E-state index contributed by atoms with van der Waals surface area (Å²) in [4.78, 5) is 11.9. The van der Waals surface area contributed by atoms with Gasteiger partial charge >= 0.3 is 0 Å². The quantitative estimate of drug-likeness (QED) is 0.452. The van der Waals surface area contributed by atoms with E-state index in [0.717, 1.165) is 11.3 Å². The highest BCUT2D eigenvalue weighted by Crippen LogP contribution is 2.25. The van der Waals surface area contributed by atoms with Crippen LogP contribution >= 0.6 is 11.8 Å². The van der Waals surface area contributed by atoms with Crippen LogP contribution in [0.5, 0.6) is 5.75 Å². The lowest BCUT2D eigenvalue weighted by Gasteiger charge is -2.10. The zero-order valence-corrected chi connectivity index (χ0v) is 13.8. The second-order valence-electron chi connectivity index (χ2n) is 4.70. The van der Waals surface area contributed by atoms with Gasteiger partial charge < -0.3 is 15.9 Å². The summed E-state index contributed by atoms with van der Waals surface area (Å²) in [5, 5.41) is 11.0. The number of ether oxygens (including phenoxy) is 1. The van der Waals surface area contributed by atoms with Gasteiger partial charge in [-0.2, -0.15) is 0 Å². The number of nitrogens with one attached hydrogen (secondary N) is 1. The zero-order chi connectivity index (χ0) is 16.8. The van der Waals surface area contributed by atoms with Crippen molar-refractivity contribution in [3.05, 3.63) is 36.9 Å².